The lowest BCUT2D eigenvalue weighted by Gasteiger charge is -2.17. The Balaban J connectivity index is 1.52. The topological polar surface area (TPSA) is 75.7 Å². The third-order valence-corrected chi connectivity index (χ3v) is 5.89. The second kappa shape index (κ2) is 11.9. The summed E-state index contributed by atoms with van der Waals surface area (Å²) in [6, 6.07) is 24.0. The molecule has 0 aliphatic rings. The van der Waals surface area contributed by atoms with Gasteiger partial charge in [0.05, 0.1) is 11.3 Å². The van der Waals surface area contributed by atoms with E-state index in [1.54, 1.807) is 31.3 Å². The summed E-state index contributed by atoms with van der Waals surface area (Å²) in [5.74, 6) is -0.935. The van der Waals surface area contributed by atoms with E-state index < -0.39 is 5.97 Å². The fraction of sp³-hybridized carbons (Fsp3) is 0.192. The van der Waals surface area contributed by atoms with E-state index in [2.05, 4.69) is 5.32 Å². The van der Waals surface area contributed by atoms with Gasteiger partial charge in [-0.2, -0.15) is 0 Å². The average molecular weight is 463 g/mol. The molecule has 0 spiro atoms. The smallest absolute Gasteiger partial charge is 0.339 e. The van der Waals surface area contributed by atoms with E-state index in [1.165, 1.54) is 16.7 Å². The normalized spacial score (nSPS) is 10.4. The van der Waals surface area contributed by atoms with Gasteiger partial charge in [-0.05, 0) is 36.8 Å². The van der Waals surface area contributed by atoms with Gasteiger partial charge < -0.3 is 15.0 Å². The molecule has 0 aliphatic carbocycles. The van der Waals surface area contributed by atoms with Gasteiger partial charge in [0, 0.05) is 24.2 Å². The number of anilines is 1. The minimum atomic E-state index is -0.599. The Bertz CT molecular complexity index is 1100. The molecule has 0 bridgehead atoms. The molecule has 0 saturated heterocycles. The number of ether oxygens (including phenoxy) is 1. The molecule has 0 atom stereocenters. The Hall–Kier alpha value is -3.58. The van der Waals surface area contributed by atoms with Crippen LogP contribution in [-0.4, -0.2) is 42.1 Å². The second-order valence-corrected chi connectivity index (χ2v) is 8.53. The minimum absolute atomic E-state index is 0.136. The monoisotopic (exact) mass is 462 g/mol. The van der Waals surface area contributed by atoms with Gasteiger partial charge in [0.2, 0.25) is 5.91 Å². The van der Waals surface area contributed by atoms with Crippen molar-refractivity contribution >= 4 is 35.2 Å². The van der Waals surface area contributed by atoms with Gasteiger partial charge >= 0.3 is 5.97 Å². The predicted molar refractivity (Wildman–Crippen MR) is 130 cm³/mol. The van der Waals surface area contributed by atoms with E-state index in [-0.39, 0.29) is 24.2 Å². The number of benzene rings is 3. The molecule has 0 aromatic heterocycles. The van der Waals surface area contributed by atoms with Crippen LogP contribution in [0.5, 0.6) is 0 Å². The van der Waals surface area contributed by atoms with Crippen LogP contribution in [0.15, 0.2) is 83.8 Å². The molecule has 0 unspecified atom stereocenters. The fourth-order valence-electron chi connectivity index (χ4n) is 3.00. The van der Waals surface area contributed by atoms with Crippen LogP contribution in [0.3, 0.4) is 0 Å². The highest BCUT2D eigenvalue weighted by atomic mass is 32.2. The Morgan fingerprint density at radius 2 is 1.58 bits per heavy atom. The maximum Gasteiger partial charge on any atom is 0.339 e. The Morgan fingerprint density at radius 3 is 2.30 bits per heavy atom. The fourth-order valence-corrected chi connectivity index (χ4v) is 3.84. The number of nitrogens with one attached hydrogen (secondary N) is 1. The second-order valence-electron chi connectivity index (χ2n) is 7.51. The molecule has 7 heteroatoms. The number of hydrogen-bond donors (Lipinski definition) is 1. The SMILES string of the molecule is Cc1ccc(NC(=O)CSc2ccccc2C(=O)OCC(=O)N(C)Cc2ccccc2)cc1. The van der Waals surface area contributed by atoms with Crippen LogP contribution in [0.1, 0.15) is 21.5 Å². The van der Waals surface area contributed by atoms with Crippen LogP contribution >= 0.6 is 11.8 Å². The maximum atomic E-state index is 12.6. The molecular weight excluding hydrogens is 436 g/mol. The molecule has 0 aliphatic heterocycles. The minimum Gasteiger partial charge on any atom is -0.452 e. The maximum absolute atomic E-state index is 12.6. The Morgan fingerprint density at radius 1 is 0.909 bits per heavy atom. The zero-order valence-electron chi connectivity index (χ0n) is 18.6. The van der Waals surface area contributed by atoms with E-state index in [4.69, 9.17) is 4.74 Å². The van der Waals surface area contributed by atoms with Crippen molar-refractivity contribution in [3.63, 3.8) is 0 Å². The third kappa shape index (κ3) is 7.50. The van der Waals surface area contributed by atoms with Gasteiger partial charge in [-0.3, -0.25) is 9.59 Å². The molecule has 0 saturated carbocycles. The zero-order chi connectivity index (χ0) is 23.6. The first-order valence-corrected chi connectivity index (χ1v) is 11.4. The highest BCUT2D eigenvalue weighted by molar-refractivity contribution is 8.00. The number of esters is 1. The van der Waals surface area contributed by atoms with Crippen molar-refractivity contribution in [1.29, 1.82) is 0 Å². The lowest BCUT2D eigenvalue weighted by atomic mass is 10.2. The van der Waals surface area contributed by atoms with Gasteiger partial charge in [0.25, 0.3) is 5.91 Å². The number of thioether (sulfide) groups is 1. The lowest BCUT2D eigenvalue weighted by Crippen LogP contribution is -2.30. The summed E-state index contributed by atoms with van der Waals surface area (Å²) in [5, 5.41) is 2.83. The van der Waals surface area contributed by atoms with Crippen LogP contribution in [0.4, 0.5) is 5.69 Å². The number of likely N-dealkylation sites (N-methyl/N-ethyl adjacent to an activating group) is 1. The Kier molecular flexibility index (Phi) is 8.66. The summed E-state index contributed by atoms with van der Waals surface area (Å²) in [7, 11) is 1.67. The van der Waals surface area contributed by atoms with Crippen LogP contribution in [0.25, 0.3) is 0 Å². The highest BCUT2D eigenvalue weighted by Crippen LogP contribution is 2.24. The summed E-state index contributed by atoms with van der Waals surface area (Å²) in [4.78, 5) is 39.4. The molecule has 3 aromatic rings. The van der Waals surface area contributed by atoms with E-state index >= 15 is 0 Å². The molecule has 2 amide bonds. The molecule has 170 valence electrons. The van der Waals surface area contributed by atoms with Crippen molar-refractivity contribution in [2.45, 2.75) is 18.4 Å². The van der Waals surface area contributed by atoms with Gasteiger partial charge in [-0.1, -0.05) is 60.2 Å². The molecule has 0 fully saturated rings. The Labute approximate surface area is 197 Å². The first kappa shape index (κ1) is 24.1. The molecule has 6 nitrogen and oxygen atoms in total. The number of rotatable bonds is 9. The summed E-state index contributed by atoms with van der Waals surface area (Å²) in [6.07, 6.45) is 0. The van der Waals surface area contributed by atoms with Crippen molar-refractivity contribution in [1.82, 2.24) is 4.90 Å². The first-order chi connectivity index (χ1) is 15.9. The quantitative estimate of drug-likeness (QED) is 0.373. The van der Waals surface area contributed by atoms with Gasteiger partial charge in [-0.15, -0.1) is 11.8 Å². The van der Waals surface area contributed by atoms with E-state index in [1.807, 2.05) is 61.5 Å². The van der Waals surface area contributed by atoms with Crippen molar-refractivity contribution < 1.29 is 19.1 Å². The van der Waals surface area contributed by atoms with Crippen molar-refractivity contribution in [3.8, 4) is 0 Å². The lowest BCUT2D eigenvalue weighted by molar-refractivity contribution is -0.133. The molecule has 0 radical (unpaired) electrons. The number of nitrogens with zero attached hydrogens (tertiary/aromatic N) is 1. The number of carbonyl (C=O) groups is 3. The number of carbonyl (C=O) groups excluding carboxylic acids is 3. The van der Waals surface area contributed by atoms with Gasteiger partial charge in [0.1, 0.15) is 0 Å². The summed E-state index contributed by atoms with van der Waals surface area (Å²) >= 11 is 1.24. The molecule has 33 heavy (non-hydrogen) atoms. The standard InChI is InChI=1S/C26H26N2O4S/c1-19-12-14-21(15-13-19)27-24(29)18-33-23-11-7-6-10-22(23)26(31)32-17-25(30)28(2)16-20-8-4-3-5-9-20/h3-15H,16-18H2,1-2H3,(H,27,29). The largest absolute Gasteiger partial charge is 0.452 e. The van der Waals surface area contributed by atoms with Gasteiger partial charge in [0.15, 0.2) is 6.61 Å². The summed E-state index contributed by atoms with van der Waals surface area (Å²) in [5.41, 5.74) is 3.14. The van der Waals surface area contributed by atoms with Crippen LogP contribution in [-0.2, 0) is 20.9 Å². The molecule has 0 heterocycles. The predicted octanol–water partition coefficient (Wildman–Crippen LogP) is 4.54. The molecular formula is C26H26N2O4S. The van der Waals surface area contributed by atoms with Crippen LogP contribution < -0.4 is 5.32 Å². The van der Waals surface area contributed by atoms with Crippen molar-refractivity contribution in [3.05, 3.63) is 95.6 Å². The van der Waals surface area contributed by atoms with Gasteiger partial charge in [-0.25, -0.2) is 4.79 Å². The molecule has 1 N–H and O–H groups in total. The van der Waals surface area contributed by atoms with Crippen LogP contribution in [0.2, 0.25) is 0 Å². The number of aryl methyl sites for hydroxylation is 1. The number of hydrogen-bond acceptors (Lipinski definition) is 5. The van der Waals surface area contributed by atoms with Crippen molar-refractivity contribution in [2.75, 3.05) is 24.7 Å². The number of amides is 2. The average Bonchev–Trinajstić information content (AvgIpc) is 2.83. The molecule has 3 aromatic carbocycles. The van der Waals surface area contributed by atoms with E-state index in [0.717, 1.165) is 16.8 Å². The van der Waals surface area contributed by atoms with Crippen molar-refractivity contribution in [2.24, 2.45) is 0 Å². The third-order valence-electron chi connectivity index (χ3n) is 4.82. The highest BCUT2D eigenvalue weighted by Gasteiger charge is 2.17. The van der Waals surface area contributed by atoms with Crippen LogP contribution in [0, 0.1) is 6.92 Å². The summed E-state index contributed by atoms with van der Waals surface area (Å²) in [6.45, 7) is 2.06. The van der Waals surface area contributed by atoms with E-state index in [0.29, 0.717) is 17.0 Å². The zero-order valence-corrected chi connectivity index (χ0v) is 19.4. The van der Waals surface area contributed by atoms with E-state index in [9.17, 15) is 14.4 Å². The molecule has 3 rings (SSSR count). The summed E-state index contributed by atoms with van der Waals surface area (Å²) < 4.78 is 5.26. The first-order valence-electron chi connectivity index (χ1n) is 10.5.